The number of rotatable bonds is 10. The van der Waals surface area contributed by atoms with Crippen molar-refractivity contribution in [1.29, 1.82) is 0 Å². The van der Waals surface area contributed by atoms with Crippen molar-refractivity contribution in [3.63, 3.8) is 0 Å². The molecule has 0 bridgehead atoms. The van der Waals surface area contributed by atoms with Gasteiger partial charge in [-0.2, -0.15) is 0 Å². The second-order valence-electron chi connectivity index (χ2n) is 8.63. The molecule has 0 saturated carbocycles. The summed E-state index contributed by atoms with van der Waals surface area (Å²) in [5, 5.41) is 6.76. The van der Waals surface area contributed by atoms with E-state index in [9.17, 15) is 9.00 Å². The number of aromatic nitrogens is 2. The standard InChI is InChI=1S/C26H30N4O2S3/c1-5-6-14-35(32)26-17(2)22-20(16-21(29-25(22)34-26)24-28-11-13-33-24)18-8-7-9-19(15-18)23(31)27-10-12-30(3)4/h7-9,11,13,15-16H,5-6,10,12,14H2,1-4H3,(H,27,31). The van der Waals surface area contributed by atoms with Gasteiger partial charge in [0.25, 0.3) is 5.91 Å². The Morgan fingerprint density at radius 3 is 2.77 bits per heavy atom. The predicted octanol–water partition coefficient (Wildman–Crippen LogP) is 5.59. The van der Waals surface area contributed by atoms with E-state index < -0.39 is 10.8 Å². The second kappa shape index (κ2) is 11.5. The lowest BCUT2D eigenvalue weighted by Gasteiger charge is -2.12. The Morgan fingerprint density at radius 2 is 2.06 bits per heavy atom. The summed E-state index contributed by atoms with van der Waals surface area (Å²) >= 11 is 3.05. The van der Waals surface area contributed by atoms with Crippen LogP contribution in [0.1, 0.15) is 35.7 Å². The number of carbonyl (C=O) groups excluding carboxylic acids is 1. The van der Waals surface area contributed by atoms with Gasteiger partial charge < -0.3 is 10.2 Å². The van der Waals surface area contributed by atoms with Crippen LogP contribution in [0.3, 0.4) is 0 Å². The lowest BCUT2D eigenvalue weighted by molar-refractivity contribution is 0.0951. The fraction of sp³-hybridized carbons (Fsp3) is 0.346. The zero-order chi connectivity index (χ0) is 24.9. The zero-order valence-corrected chi connectivity index (χ0v) is 22.9. The number of carbonyl (C=O) groups is 1. The van der Waals surface area contributed by atoms with Gasteiger partial charge in [-0.3, -0.25) is 9.00 Å². The van der Waals surface area contributed by atoms with Gasteiger partial charge in [0.15, 0.2) is 0 Å². The van der Waals surface area contributed by atoms with Gasteiger partial charge in [-0.15, -0.1) is 22.7 Å². The number of pyridine rings is 1. The number of thiophene rings is 1. The molecule has 35 heavy (non-hydrogen) atoms. The minimum Gasteiger partial charge on any atom is -0.351 e. The largest absolute Gasteiger partial charge is 0.351 e. The van der Waals surface area contributed by atoms with E-state index in [2.05, 4.69) is 17.2 Å². The number of aryl methyl sites for hydroxylation is 1. The average Bonchev–Trinajstić information content (AvgIpc) is 3.50. The lowest BCUT2D eigenvalue weighted by atomic mass is 9.98. The molecule has 9 heteroatoms. The first-order valence-corrected chi connectivity index (χ1v) is 14.7. The van der Waals surface area contributed by atoms with Crippen LogP contribution in [0.2, 0.25) is 0 Å². The SMILES string of the molecule is CCCCS(=O)c1sc2nc(-c3nccs3)cc(-c3cccc(C(=O)NCCN(C)C)c3)c2c1C. The Morgan fingerprint density at radius 1 is 1.23 bits per heavy atom. The highest BCUT2D eigenvalue weighted by molar-refractivity contribution is 7.87. The topological polar surface area (TPSA) is 75.2 Å². The number of benzene rings is 1. The van der Waals surface area contributed by atoms with Gasteiger partial charge in [-0.05, 0) is 62.3 Å². The van der Waals surface area contributed by atoms with Crippen LogP contribution in [-0.4, -0.2) is 57.9 Å². The Labute approximate surface area is 216 Å². The summed E-state index contributed by atoms with van der Waals surface area (Å²) in [5.41, 5.74) is 4.32. The molecule has 6 nitrogen and oxygen atoms in total. The number of hydrogen-bond acceptors (Lipinski definition) is 7. The number of unbranched alkanes of at least 4 members (excludes halogenated alkanes) is 1. The summed E-state index contributed by atoms with van der Waals surface area (Å²) in [5.74, 6) is 0.559. The van der Waals surface area contributed by atoms with Crippen molar-refractivity contribution in [2.45, 2.75) is 30.9 Å². The van der Waals surface area contributed by atoms with E-state index in [4.69, 9.17) is 4.98 Å². The highest BCUT2D eigenvalue weighted by atomic mass is 32.2. The van der Waals surface area contributed by atoms with E-state index in [-0.39, 0.29) is 5.91 Å². The molecular weight excluding hydrogens is 497 g/mol. The molecule has 1 aromatic carbocycles. The smallest absolute Gasteiger partial charge is 0.251 e. The summed E-state index contributed by atoms with van der Waals surface area (Å²) < 4.78 is 14.0. The average molecular weight is 527 g/mol. The fourth-order valence-electron chi connectivity index (χ4n) is 3.82. The molecule has 0 fully saturated rings. The summed E-state index contributed by atoms with van der Waals surface area (Å²) in [6.45, 7) is 5.50. The molecule has 3 heterocycles. The molecule has 0 aliphatic carbocycles. The molecule has 0 radical (unpaired) electrons. The number of nitrogens with zero attached hydrogens (tertiary/aromatic N) is 3. The van der Waals surface area contributed by atoms with Crippen molar-refractivity contribution in [2.75, 3.05) is 32.9 Å². The highest BCUT2D eigenvalue weighted by Gasteiger charge is 2.21. The molecule has 3 aromatic heterocycles. The van der Waals surface area contributed by atoms with Crippen molar-refractivity contribution in [2.24, 2.45) is 0 Å². The first-order chi connectivity index (χ1) is 16.9. The summed E-state index contributed by atoms with van der Waals surface area (Å²) in [4.78, 5) is 25.1. The van der Waals surface area contributed by atoms with Crippen LogP contribution in [0, 0.1) is 6.92 Å². The van der Waals surface area contributed by atoms with E-state index in [0.717, 1.165) is 61.2 Å². The van der Waals surface area contributed by atoms with Crippen LogP contribution in [-0.2, 0) is 10.8 Å². The van der Waals surface area contributed by atoms with E-state index in [0.29, 0.717) is 17.9 Å². The van der Waals surface area contributed by atoms with Gasteiger partial charge in [0.05, 0.1) is 15.0 Å². The van der Waals surface area contributed by atoms with Gasteiger partial charge in [-0.25, -0.2) is 9.97 Å². The Bertz CT molecular complexity index is 1350. The molecular formula is C26H30N4O2S3. The monoisotopic (exact) mass is 526 g/mol. The van der Waals surface area contributed by atoms with E-state index in [1.165, 1.54) is 22.7 Å². The van der Waals surface area contributed by atoms with Crippen molar-refractivity contribution in [3.8, 4) is 21.8 Å². The normalized spacial score (nSPS) is 12.4. The molecule has 0 saturated heterocycles. The molecule has 1 atom stereocenters. The fourth-order valence-corrected chi connectivity index (χ4v) is 7.40. The minimum absolute atomic E-state index is 0.0949. The summed E-state index contributed by atoms with van der Waals surface area (Å²) in [7, 11) is 2.90. The van der Waals surface area contributed by atoms with Crippen molar-refractivity contribution >= 4 is 49.6 Å². The maximum absolute atomic E-state index is 13.1. The molecule has 4 aromatic rings. The second-order valence-corrected chi connectivity index (χ2v) is 12.3. The third-order valence-corrected chi connectivity index (χ3v) is 9.64. The summed E-state index contributed by atoms with van der Waals surface area (Å²) in [6.07, 6.45) is 3.71. The number of fused-ring (bicyclic) bond motifs is 1. The molecule has 1 N–H and O–H groups in total. The Kier molecular flexibility index (Phi) is 8.43. The Hall–Kier alpha value is -2.46. The van der Waals surface area contributed by atoms with Gasteiger partial charge in [0.2, 0.25) is 0 Å². The number of thiazole rings is 1. The van der Waals surface area contributed by atoms with Gasteiger partial charge in [-0.1, -0.05) is 25.5 Å². The lowest BCUT2D eigenvalue weighted by Crippen LogP contribution is -2.31. The number of amides is 1. The number of nitrogens with one attached hydrogen (secondary N) is 1. The molecule has 1 unspecified atom stereocenters. The molecule has 0 spiro atoms. The van der Waals surface area contributed by atoms with Crippen LogP contribution >= 0.6 is 22.7 Å². The summed E-state index contributed by atoms with van der Waals surface area (Å²) in [6, 6.07) is 9.73. The minimum atomic E-state index is -1.06. The van der Waals surface area contributed by atoms with E-state index in [1.807, 2.05) is 61.6 Å². The first kappa shape index (κ1) is 25.6. The highest BCUT2D eigenvalue weighted by Crippen LogP contribution is 2.41. The third-order valence-electron chi connectivity index (χ3n) is 5.68. The van der Waals surface area contributed by atoms with Crippen LogP contribution in [0.4, 0.5) is 0 Å². The molecule has 4 rings (SSSR count). The van der Waals surface area contributed by atoms with Gasteiger partial charge >= 0.3 is 0 Å². The third kappa shape index (κ3) is 5.86. The Balaban J connectivity index is 1.80. The van der Waals surface area contributed by atoms with Crippen molar-refractivity contribution < 1.29 is 9.00 Å². The maximum Gasteiger partial charge on any atom is 0.251 e. The molecule has 0 aliphatic heterocycles. The van der Waals surface area contributed by atoms with Crippen LogP contribution < -0.4 is 5.32 Å². The molecule has 1 amide bonds. The van der Waals surface area contributed by atoms with Gasteiger partial charge in [0, 0.05) is 41.4 Å². The van der Waals surface area contributed by atoms with Crippen molar-refractivity contribution in [1.82, 2.24) is 20.2 Å². The molecule has 184 valence electrons. The zero-order valence-electron chi connectivity index (χ0n) is 20.5. The predicted molar refractivity (Wildman–Crippen MR) is 148 cm³/mol. The van der Waals surface area contributed by atoms with E-state index >= 15 is 0 Å². The quantitative estimate of drug-likeness (QED) is 0.291. The van der Waals surface area contributed by atoms with Crippen LogP contribution in [0.25, 0.3) is 32.0 Å². The maximum atomic E-state index is 13.1. The molecule has 0 aliphatic rings. The number of hydrogen-bond donors (Lipinski definition) is 1. The van der Waals surface area contributed by atoms with Crippen LogP contribution in [0.5, 0.6) is 0 Å². The van der Waals surface area contributed by atoms with Gasteiger partial charge in [0.1, 0.15) is 15.5 Å². The first-order valence-electron chi connectivity index (χ1n) is 11.6. The van der Waals surface area contributed by atoms with Crippen LogP contribution in [0.15, 0.2) is 46.1 Å². The van der Waals surface area contributed by atoms with Crippen molar-refractivity contribution in [3.05, 3.63) is 53.0 Å². The van der Waals surface area contributed by atoms with E-state index in [1.54, 1.807) is 6.20 Å². The number of likely N-dealkylation sites (N-methyl/N-ethyl adjacent to an activating group) is 1.